The second-order valence-electron chi connectivity index (χ2n) is 13.9. The lowest BCUT2D eigenvalue weighted by Crippen LogP contribution is -2.58. The van der Waals surface area contributed by atoms with Crippen LogP contribution in [0.3, 0.4) is 0 Å². The van der Waals surface area contributed by atoms with Crippen molar-refractivity contribution >= 4 is 55.0 Å². The summed E-state index contributed by atoms with van der Waals surface area (Å²) in [6.07, 6.45) is 8.39. The number of carbonyl (C=O) groups excluding carboxylic acids is 3. The smallest absolute Gasteiger partial charge is 0.274 e. The van der Waals surface area contributed by atoms with Gasteiger partial charge in [-0.15, -0.1) is 0 Å². The van der Waals surface area contributed by atoms with Gasteiger partial charge in [-0.25, -0.2) is 17.8 Å². The van der Waals surface area contributed by atoms with Gasteiger partial charge in [-0.2, -0.15) is 0 Å². The van der Waals surface area contributed by atoms with E-state index in [4.69, 9.17) is 4.74 Å². The highest BCUT2D eigenvalue weighted by Crippen LogP contribution is 2.47. The highest BCUT2D eigenvalue weighted by molar-refractivity contribution is 7.91. The molecule has 0 bridgehead atoms. The van der Waals surface area contributed by atoms with E-state index in [1.807, 2.05) is 42.5 Å². The molecule has 3 N–H and O–H groups in total. The maximum Gasteiger partial charge on any atom is 0.274 e. The number of ether oxygens (including phenoxy) is 1. The molecule has 7 rings (SSSR count). The van der Waals surface area contributed by atoms with Crippen molar-refractivity contribution in [2.45, 2.75) is 93.2 Å². The lowest BCUT2D eigenvalue weighted by Gasteiger charge is -2.30. The van der Waals surface area contributed by atoms with Crippen LogP contribution in [0.1, 0.15) is 64.7 Å². The standard InChI is InChI=1S/C35H40FN5O6S2/c1-34(16-17-34)49(45,46)40-32(44)35-20-22(35)10-6-3-2-4-9-13-27(37-24-11-7-5-8-12-24)31(43)41-21-25(19-28(41)30(42)39-35)47-33-38-26-15-14-23(36)18-29(26)48-33/h5-8,10-12,14-15,18,22,25,27-28,37H,2-4,9,13,16-17,19-21H2,1H3,(H,39,42)(H,40,44)/b10-6-/t22-,25+,27-,28-,35+/m0/s1. The first-order chi connectivity index (χ1) is 23.5. The number of halogens is 1. The number of aromatic nitrogens is 1. The van der Waals surface area contributed by atoms with Gasteiger partial charge in [0.05, 0.1) is 21.5 Å². The third kappa shape index (κ3) is 6.89. The van der Waals surface area contributed by atoms with Crippen molar-refractivity contribution in [1.82, 2.24) is 19.9 Å². The van der Waals surface area contributed by atoms with Crippen LogP contribution in [0, 0.1) is 11.7 Å². The largest absolute Gasteiger partial charge is 0.465 e. The third-order valence-corrected chi connectivity index (χ3v) is 13.3. The van der Waals surface area contributed by atoms with E-state index in [2.05, 4.69) is 20.3 Å². The first-order valence-corrected chi connectivity index (χ1v) is 19.2. The summed E-state index contributed by atoms with van der Waals surface area (Å²) < 4.78 is 48.1. The summed E-state index contributed by atoms with van der Waals surface area (Å²) in [5.41, 5.74) is -0.108. The number of rotatable bonds is 7. The Kier molecular flexibility index (Phi) is 8.89. The molecule has 49 heavy (non-hydrogen) atoms. The van der Waals surface area contributed by atoms with Gasteiger partial charge in [-0.05, 0) is 75.8 Å². The van der Waals surface area contributed by atoms with Crippen LogP contribution in [0.5, 0.6) is 5.19 Å². The first-order valence-electron chi connectivity index (χ1n) is 16.9. The second kappa shape index (κ2) is 13.0. The Hall–Kier alpha value is -4.04. The van der Waals surface area contributed by atoms with Crippen molar-refractivity contribution in [3.05, 3.63) is 66.5 Å². The zero-order valence-electron chi connectivity index (χ0n) is 27.2. The summed E-state index contributed by atoms with van der Waals surface area (Å²) in [5, 5.41) is 6.57. The number of allylic oxidation sites excluding steroid dienone is 1. The van der Waals surface area contributed by atoms with E-state index in [1.165, 1.54) is 28.4 Å². The minimum absolute atomic E-state index is 0.0867. The number of hydrogen-bond acceptors (Lipinski definition) is 9. The molecular formula is C35H40FN5O6S2. The molecule has 260 valence electrons. The van der Waals surface area contributed by atoms with E-state index in [0.717, 1.165) is 31.4 Å². The molecular weight excluding hydrogens is 670 g/mol. The fraction of sp³-hybridized carbons (Fsp3) is 0.486. The quantitative estimate of drug-likeness (QED) is 0.301. The third-order valence-electron chi connectivity index (χ3n) is 10.2. The van der Waals surface area contributed by atoms with Gasteiger partial charge in [0.15, 0.2) is 0 Å². The van der Waals surface area contributed by atoms with Gasteiger partial charge in [-0.1, -0.05) is 54.5 Å². The van der Waals surface area contributed by atoms with E-state index >= 15 is 0 Å². The number of nitrogens with zero attached hydrogens (tertiary/aromatic N) is 2. The van der Waals surface area contributed by atoms with E-state index < -0.39 is 56.2 Å². The molecule has 0 spiro atoms. The minimum atomic E-state index is -3.95. The fourth-order valence-corrected chi connectivity index (χ4v) is 8.97. The number of hydrogen-bond donors (Lipinski definition) is 3. The lowest BCUT2D eigenvalue weighted by molar-refractivity contribution is -0.140. The molecule has 11 nitrogen and oxygen atoms in total. The van der Waals surface area contributed by atoms with Gasteiger partial charge in [0, 0.05) is 18.0 Å². The average Bonchev–Trinajstić information content (AvgIpc) is 3.88. The molecule has 5 atom stereocenters. The molecule has 1 saturated heterocycles. The van der Waals surface area contributed by atoms with E-state index in [-0.39, 0.29) is 31.1 Å². The fourth-order valence-electron chi connectivity index (χ4n) is 6.75. The summed E-state index contributed by atoms with van der Waals surface area (Å²) in [5.74, 6) is -2.37. The number of benzene rings is 2. The maximum absolute atomic E-state index is 14.4. The van der Waals surface area contributed by atoms with Crippen LogP contribution in [-0.2, 0) is 24.4 Å². The highest BCUT2D eigenvalue weighted by atomic mass is 32.2. The van der Waals surface area contributed by atoms with Crippen LogP contribution in [0.2, 0.25) is 0 Å². The van der Waals surface area contributed by atoms with Crippen LogP contribution in [0.25, 0.3) is 10.2 Å². The van der Waals surface area contributed by atoms with Crippen LogP contribution < -0.4 is 20.1 Å². The SMILES string of the molecule is CC1(S(=O)(=O)NC(=O)[C@@]23C[C@@H]2/C=C\CCCCC[C@H](Nc2ccccc2)C(=O)N2C[C@H](Oc4nc5ccc(F)cc5s4)C[C@H]2C(=O)N3)CC1. The zero-order chi connectivity index (χ0) is 34.4. The number of sulfonamides is 1. The van der Waals surface area contributed by atoms with E-state index in [0.29, 0.717) is 34.7 Å². The highest BCUT2D eigenvalue weighted by Gasteiger charge is 2.63. The Morgan fingerprint density at radius 3 is 2.69 bits per heavy atom. The number of amides is 3. The summed E-state index contributed by atoms with van der Waals surface area (Å²) >= 11 is 1.18. The Balaban J connectivity index is 1.18. The average molecular weight is 710 g/mol. The number of fused-ring (bicyclic) bond motifs is 3. The maximum atomic E-state index is 14.4. The number of para-hydroxylation sites is 1. The minimum Gasteiger partial charge on any atom is -0.465 e. The predicted molar refractivity (Wildman–Crippen MR) is 184 cm³/mol. The van der Waals surface area contributed by atoms with Crippen molar-refractivity contribution in [2.24, 2.45) is 5.92 Å². The van der Waals surface area contributed by atoms with Gasteiger partial charge >= 0.3 is 0 Å². The molecule has 3 fully saturated rings. The van der Waals surface area contributed by atoms with Gasteiger partial charge in [-0.3, -0.25) is 19.1 Å². The molecule has 2 aromatic carbocycles. The Labute approximate surface area is 288 Å². The molecule has 0 unspecified atom stereocenters. The lowest BCUT2D eigenvalue weighted by atomic mass is 10.0. The van der Waals surface area contributed by atoms with Crippen molar-refractivity contribution in [3.8, 4) is 5.19 Å². The normalized spacial score (nSPS) is 29.1. The molecule has 2 aliphatic carbocycles. The molecule has 3 aromatic rings. The van der Waals surface area contributed by atoms with Crippen molar-refractivity contribution in [1.29, 1.82) is 0 Å². The predicted octanol–water partition coefficient (Wildman–Crippen LogP) is 4.66. The first kappa shape index (κ1) is 33.5. The van der Waals surface area contributed by atoms with Crippen LogP contribution in [-0.4, -0.2) is 71.0 Å². The van der Waals surface area contributed by atoms with E-state index in [9.17, 15) is 27.2 Å². The number of nitrogens with one attached hydrogen (secondary N) is 3. The van der Waals surface area contributed by atoms with E-state index in [1.54, 1.807) is 13.0 Å². The monoisotopic (exact) mass is 709 g/mol. The van der Waals surface area contributed by atoms with Crippen molar-refractivity contribution < 1.29 is 31.9 Å². The summed E-state index contributed by atoms with van der Waals surface area (Å²) in [6.45, 7) is 1.69. The summed E-state index contributed by atoms with van der Waals surface area (Å²) in [6, 6.07) is 12.1. The molecule has 1 aromatic heterocycles. The molecule has 2 saturated carbocycles. The molecule has 2 aliphatic heterocycles. The van der Waals surface area contributed by atoms with Crippen molar-refractivity contribution in [3.63, 3.8) is 0 Å². The molecule has 3 amide bonds. The second-order valence-corrected chi connectivity index (χ2v) is 17.0. The van der Waals surface area contributed by atoms with Crippen LogP contribution >= 0.6 is 11.3 Å². The van der Waals surface area contributed by atoms with Gasteiger partial charge in [0.2, 0.25) is 21.8 Å². The summed E-state index contributed by atoms with van der Waals surface area (Å²) in [7, 11) is -3.95. The Bertz CT molecular complexity index is 1900. The van der Waals surface area contributed by atoms with Crippen molar-refractivity contribution in [2.75, 3.05) is 11.9 Å². The molecule has 3 heterocycles. The zero-order valence-corrected chi connectivity index (χ0v) is 28.8. The van der Waals surface area contributed by atoms with Gasteiger partial charge < -0.3 is 20.3 Å². The molecule has 4 aliphatic rings. The molecule has 14 heteroatoms. The number of thiazole rings is 1. The number of carbonyl (C=O) groups is 3. The molecule has 0 radical (unpaired) electrons. The topological polar surface area (TPSA) is 147 Å². The summed E-state index contributed by atoms with van der Waals surface area (Å²) in [4.78, 5) is 48.4. The van der Waals surface area contributed by atoms with Gasteiger partial charge in [0.25, 0.3) is 11.1 Å². The van der Waals surface area contributed by atoms with Gasteiger partial charge in [0.1, 0.15) is 29.5 Å². The van der Waals surface area contributed by atoms with Crippen LogP contribution in [0.4, 0.5) is 10.1 Å². The number of anilines is 1. The Morgan fingerprint density at radius 2 is 1.92 bits per heavy atom. The van der Waals surface area contributed by atoms with Crippen LogP contribution in [0.15, 0.2) is 60.7 Å². The Morgan fingerprint density at radius 1 is 1.12 bits per heavy atom.